The van der Waals surface area contributed by atoms with Gasteiger partial charge in [0.15, 0.2) is 0 Å². The summed E-state index contributed by atoms with van der Waals surface area (Å²) < 4.78 is 45.3. The molecule has 11 nitrogen and oxygen atoms in total. The van der Waals surface area contributed by atoms with E-state index in [1.807, 2.05) is 30.3 Å². The molecule has 0 atom stereocenters. The minimum absolute atomic E-state index is 0.0340. The van der Waals surface area contributed by atoms with Crippen LogP contribution < -0.4 is 18.9 Å². The molecular weight excluding hydrogens is 728 g/mol. The summed E-state index contributed by atoms with van der Waals surface area (Å²) >= 11 is 0. The third-order valence-corrected chi connectivity index (χ3v) is 7.59. The van der Waals surface area contributed by atoms with E-state index in [0.29, 0.717) is 62.2 Å². The Hall–Kier alpha value is -6.41. The quantitative estimate of drug-likeness (QED) is 0.0198. The summed E-state index contributed by atoms with van der Waals surface area (Å²) in [5, 5.41) is 0. The van der Waals surface area contributed by atoms with Gasteiger partial charge in [-0.05, 0) is 95.1 Å². The first kappa shape index (κ1) is 45.0. The van der Waals surface area contributed by atoms with Crippen LogP contribution in [0.4, 0.5) is 0 Å². The lowest BCUT2D eigenvalue weighted by Crippen LogP contribution is -2.24. The number of carbonyl (C=O) groups excluding carboxylic acids is 3. The maximum atomic E-state index is 12.4. The Morgan fingerprint density at radius 3 is 1.53 bits per heavy atom. The number of hydrogen-bond donors (Lipinski definition) is 0. The molecule has 0 heterocycles. The molecule has 0 aliphatic rings. The molecule has 0 aromatic heterocycles. The summed E-state index contributed by atoms with van der Waals surface area (Å²) in [7, 11) is 0. The van der Waals surface area contributed by atoms with Gasteiger partial charge in [-0.2, -0.15) is 0 Å². The van der Waals surface area contributed by atoms with Gasteiger partial charge >= 0.3 is 17.9 Å². The molecule has 3 aromatic rings. The van der Waals surface area contributed by atoms with Gasteiger partial charge in [0.25, 0.3) is 0 Å². The molecule has 0 radical (unpaired) electrons. The maximum Gasteiger partial charge on any atom is 0.333 e. The first-order valence-corrected chi connectivity index (χ1v) is 18.3. The molecule has 57 heavy (non-hydrogen) atoms. The Kier molecular flexibility index (Phi) is 17.5. The van der Waals surface area contributed by atoms with Crippen LogP contribution in [0.3, 0.4) is 0 Å². The lowest BCUT2D eigenvalue weighted by molar-refractivity contribution is -0.153. The molecule has 3 rings (SSSR count). The lowest BCUT2D eigenvalue weighted by atomic mass is 9.97. The van der Waals surface area contributed by atoms with Gasteiger partial charge in [0.1, 0.15) is 81.6 Å². The van der Waals surface area contributed by atoms with E-state index in [-0.39, 0.29) is 58.8 Å². The van der Waals surface area contributed by atoms with E-state index >= 15 is 0 Å². The van der Waals surface area contributed by atoms with Crippen LogP contribution >= 0.6 is 0 Å². The van der Waals surface area contributed by atoms with Gasteiger partial charge in [-0.1, -0.05) is 50.3 Å². The molecule has 11 heteroatoms. The van der Waals surface area contributed by atoms with Gasteiger partial charge < -0.3 is 37.9 Å². The number of benzene rings is 3. The van der Waals surface area contributed by atoms with E-state index in [1.54, 1.807) is 71.9 Å². The number of carbonyl (C=O) groups is 3. The molecular formula is C46H52O11. The van der Waals surface area contributed by atoms with Crippen LogP contribution in [0.2, 0.25) is 0 Å². The maximum absolute atomic E-state index is 12.4. The van der Waals surface area contributed by atoms with Gasteiger partial charge in [-0.3, -0.25) is 4.79 Å². The zero-order valence-corrected chi connectivity index (χ0v) is 33.7. The van der Waals surface area contributed by atoms with Crippen molar-refractivity contribution < 1.29 is 52.3 Å². The van der Waals surface area contributed by atoms with Gasteiger partial charge in [0, 0.05) is 28.3 Å². The summed E-state index contributed by atoms with van der Waals surface area (Å²) in [4.78, 5) is 35.7. The highest BCUT2D eigenvalue weighted by molar-refractivity contribution is 5.87. The third-order valence-electron chi connectivity index (χ3n) is 7.59. The van der Waals surface area contributed by atoms with Crippen LogP contribution in [-0.4, -0.2) is 70.8 Å². The predicted octanol–water partition coefficient (Wildman–Crippen LogP) is 8.20. The Bertz CT molecular complexity index is 1970. The molecule has 0 unspecified atom stereocenters. The first-order chi connectivity index (χ1) is 27.0. The average molecular weight is 781 g/mol. The van der Waals surface area contributed by atoms with E-state index < -0.39 is 17.4 Å². The molecule has 0 saturated heterocycles. The van der Waals surface area contributed by atoms with E-state index in [1.165, 1.54) is 0 Å². The fourth-order valence-electron chi connectivity index (χ4n) is 4.40. The van der Waals surface area contributed by atoms with Crippen LogP contribution in [0.15, 0.2) is 109 Å². The van der Waals surface area contributed by atoms with Crippen LogP contribution in [0.25, 0.3) is 11.1 Å². The van der Waals surface area contributed by atoms with Crippen molar-refractivity contribution in [1.82, 2.24) is 0 Å². The van der Waals surface area contributed by atoms with Crippen LogP contribution in [-0.2, 0) is 33.3 Å². The molecule has 0 aliphatic heterocycles. The van der Waals surface area contributed by atoms with Crippen molar-refractivity contribution in [3.05, 3.63) is 121 Å². The van der Waals surface area contributed by atoms with Crippen molar-refractivity contribution >= 4 is 17.9 Å². The monoisotopic (exact) mass is 780 g/mol. The Morgan fingerprint density at radius 2 is 1.02 bits per heavy atom. The minimum Gasteiger partial charge on any atom is -0.490 e. The Morgan fingerprint density at radius 1 is 0.544 bits per heavy atom. The average Bonchev–Trinajstić information content (AvgIpc) is 3.17. The molecule has 0 fully saturated rings. The smallest absolute Gasteiger partial charge is 0.333 e. The highest BCUT2D eigenvalue weighted by Crippen LogP contribution is 2.37. The molecule has 0 N–H and O–H groups in total. The van der Waals surface area contributed by atoms with Gasteiger partial charge in [0.05, 0.1) is 11.0 Å². The van der Waals surface area contributed by atoms with Crippen molar-refractivity contribution in [3.8, 4) is 46.0 Å². The van der Waals surface area contributed by atoms with Crippen LogP contribution in [0, 0.1) is 17.3 Å². The lowest BCUT2D eigenvalue weighted by Gasteiger charge is -2.18. The first-order valence-electron chi connectivity index (χ1n) is 18.3. The van der Waals surface area contributed by atoms with Crippen LogP contribution in [0.1, 0.15) is 52.7 Å². The van der Waals surface area contributed by atoms with Gasteiger partial charge in [0.2, 0.25) is 0 Å². The van der Waals surface area contributed by atoms with Crippen molar-refractivity contribution in [2.75, 3.05) is 52.9 Å². The van der Waals surface area contributed by atoms with Crippen molar-refractivity contribution in [2.24, 2.45) is 5.41 Å². The van der Waals surface area contributed by atoms with Gasteiger partial charge in [-0.15, -0.1) is 0 Å². The molecule has 0 bridgehead atoms. The molecule has 3 aromatic carbocycles. The number of hydrogen-bond acceptors (Lipinski definition) is 11. The fourth-order valence-corrected chi connectivity index (χ4v) is 4.40. The highest BCUT2D eigenvalue weighted by atomic mass is 16.6. The zero-order valence-electron chi connectivity index (χ0n) is 33.7. The van der Waals surface area contributed by atoms with E-state index in [2.05, 4.69) is 38.2 Å². The van der Waals surface area contributed by atoms with Crippen molar-refractivity contribution in [2.45, 2.75) is 41.5 Å². The summed E-state index contributed by atoms with van der Waals surface area (Å²) in [6.45, 7) is 26.2. The SMILES string of the molecule is C=C(C)C(=C)OCCOc1cc(-c2ccc(OCCOC(=O)C(=C)C)cc2)c(OCCOC(=O)C(C)(C)C)cc1C#Cc1ccc(OCCOC(=O)C(=C)C)cc1. The van der Waals surface area contributed by atoms with E-state index in [4.69, 9.17) is 37.9 Å². The second kappa shape index (κ2) is 22.2. The number of rotatable bonds is 21. The normalized spacial score (nSPS) is 10.5. The summed E-state index contributed by atoms with van der Waals surface area (Å²) in [5.74, 6) is 7.66. The number of ether oxygens (including phenoxy) is 8. The predicted molar refractivity (Wildman–Crippen MR) is 218 cm³/mol. The highest BCUT2D eigenvalue weighted by Gasteiger charge is 2.23. The zero-order chi connectivity index (χ0) is 42.0. The van der Waals surface area contributed by atoms with E-state index in [9.17, 15) is 14.4 Å². The molecule has 0 saturated carbocycles. The fraction of sp³-hybridized carbons (Fsp3) is 0.326. The molecule has 302 valence electrons. The minimum atomic E-state index is -0.660. The Labute approximate surface area is 335 Å². The van der Waals surface area contributed by atoms with Crippen molar-refractivity contribution in [1.29, 1.82) is 0 Å². The van der Waals surface area contributed by atoms with Crippen LogP contribution in [0.5, 0.6) is 23.0 Å². The second-order valence-corrected chi connectivity index (χ2v) is 13.8. The topological polar surface area (TPSA) is 125 Å². The summed E-state index contributed by atoms with van der Waals surface area (Å²) in [6.07, 6.45) is 0. The van der Waals surface area contributed by atoms with Gasteiger partial charge in [-0.25, -0.2) is 9.59 Å². The number of esters is 3. The second-order valence-electron chi connectivity index (χ2n) is 13.8. The molecule has 0 aliphatic carbocycles. The number of allylic oxidation sites excluding steroid dienone is 1. The largest absolute Gasteiger partial charge is 0.490 e. The standard InChI is InChI=1S/C46H52O11/c1-31(2)34(7)50-21-24-53-41-30-40(36-15-19-39(20-16-36)52-23-27-56-44(48)33(5)6)42(54-25-28-57-45(49)46(8,9)10)29-37(41)14-11-35-12-17-38(18-13-35)51-22-26-55-43(47)32(3)4/h12-13,15-20,29-30H,1,3,5,7,21-28H2,2,4,6,8-10H3. The summed E-state index contributed by atoms with van der Waals surface area (Å²) in [5.41, 5.74) is 3.38. The Balaban J connectivity index is 1.92. The third kappa shape index (κ3) is 15.7. The summed E-state index contributed by atoms with van der Waals surface area (Å²) in [6, 6.07) is 18.1. The van der Waals surface area contributed by atoms with Crippen molar-refractivity contribution in [3.63, 3.8) is 0 Å². The van der Waals surface area contributed by atoms with E-state index in [0.717, 1.165) is 5.56 Å². The molecule has 0 spiro atoms. The molecule has 0 amide bonds.